The Balaban J connectivity index is 1.75. The van der Waals surface area contributed by atoms with Crippen LogP contribution in [-0.2, 0) is 11.3 Å². The molecule has 0 bridgehead atoms. The highest BCUT2D eigenvalue weighted by Gasteiger charge is 2.35. The quantitative estimate of drug-likeness (QED) is 0.819. The molecule has 0 spiro atoms. The van der Waals surface area contributed by atoms with Crippen LogP contribution in [0.15, 0.2) is 18.2 Å². The molecule has 4 heteroatoms. The minimum absolute atomic E-state index is 0.133. The van der Waals surface area contributed by atoms with E-state index in [9.17, 15) is 4.39 Å². The second-order valence-corrected chi connectivity index (χ2v) is 5.30. The zero-order valence-corrected chi connectivity index (χ0v) is 10.8. The van der Waals surface area contributed by atoms with Crippen LogP contribution in [0, 0.1) is 17.1 Å². The lowest BCUT2D eigenvalue weighted by molar-refractivity contribution is -0.0588. The highest BCUT2D eigenvalue weighted by molar-refractivity contribution is 5.34. The van der Waals surface area contributed by atoms with Crippen LogP contribution in [0.2, 0.25) is 0 Å². The lowest BCUT2D eigenvalue weighted by Gasteiger charge is -2.37. The molecule has 3 rings (SSSR count). The molecule has 1 aliphatic heterocycles. The van der Waals surface area contributed by atoms with Crippen LogP contribution in [0.5, 0.6) is 0 Å². The Morgan fingerprint density at radius 2 is 2.32 bits per heavy atom. The second-order valence-electron chi connectivity index (χ2n) is 5.30. The van der Waals surface area contributed by atoms with Crippen molar-refractivity contribution < 1.29 is 9.13 Å². The standard InChI is InChI=1S/C15H17FN2O/c16-13-5-4-11(8-12(13)9-17)10-18-6-7-19-15-3-1-2-14(15)18/h4-5,8,14-15H,1-3,6-7,10H2. The first kappa shape index (κ1) is 12.6. The molecule has 1 aliphatic carbocycles. The predicted molar refractivity (Wildman–Crippen MR) is 68.9 cm³/mol. The highest BCUT2D eigenvalue weighted by Crippen LogP contribution is 2.30. The van der Waals surface area contributed by atoms with Crippen LogP contribution >= 0.6 is 0 Å². The predicted octanol–water partition coefficient (Wildman–Crippen LogP) is 2.45. The van der Waals surface area contributed by atoms with Gasteiger partial charge in [0.25, 0.3) is 0 Å². The number of ether oxygens (including phenoxy) is 1. The van der Waals surface area contributed by atoms with E-state index in [1.165, 1.54) is 18.9 Å². The maximum absolute atomic E-state index is 13.3. The van der Waals surface area contributed by atoms with Gasteiger partial charge in [-0.3, -0.25) is 4.90 Å². The number of halogens is 1. The van der Waals surface area contributed by atoms with E-state index >= 15 is 0 Å². The average Bonchev–Trinajstić information content (AvgIpc) is 2.90. The number of nitriles is 1. The van der Waals surface area contributed by atoms with E-state index in [-0.39, 0.29) is 5.56 Å². The minimum Gasteiger partial charge on any atom is -0.375 e. The summed E-state index contributed by atoms with van der Waals surface area (Å²) in [7, 11) is 0. The summed E-state index contributed by atoms with van der Waals surface area (Å²) in [5.41, 5.74) is 1.14. The van der Waals surface area contributed by atoms with Gasteiger partial charge in [-0.25, -0.2) is 4.39 Å². The van der Waals surface area contributed by atoms with E-state index in [4.69, 9.17) is 10.00 Å². The first-order valence-electron chi connectivity index (χ1n) is 6.82. The molecule has 1 saturated heterocycles. The summed E-state index contributed by atoms with van der Waals surface area (Å²) < 4.78 is 19.1. The molecule has 19 heavy (non-hydrogen) atoms. The maximum Gasteiger partial charge on any atom is 0.140 e. The first-order chi connectivity index (χ1) is 9.28. The highest BCUT2D eigenvalue weighted by atomic mass is 19.1. The number of rotatable bonds is 2. The third-order valence-electron chi connectivity index (χ3n) is 4.13. The molecule has 2 atom stereocenters. The lowest BCUT2D eigenvalue weighted by atomic mass is 10.1. The van der Waals surface area contributed by atoms with Crippen molar-refractivity contribution in [1.29, 1.82) is 5.26 Å². The van der Waals surface area contributed by atoms with Crippen molar-refractivity contribution >= 4 is 0 Å². The van der Waals surface area contributed by atoms with Crippen molar-refractivity contribution in [1.82, 2.24) is 4.90 Å². The summed E-state index contributed by atoms with van der Waals surface area (Å²) in [6.45, 7) is 2.47. The van der Waals surface area contributed by atoms with Gasteiger partial charge in [-0.2, -0.15) is 5.26 Å². The van der Waals surface area contributed by atoms with Gasteiger partial charge in [0.05, 0.1) is 18.3 Å². The van der Waals surface area contributed by atoms with Crippen molar-refractivity contribution in [2.75, 3.05) is 13.2 Å². The number of nitrogens with zero attached hydrogens (tertiary/aromatic N) is 2. The molecule has 0 radical (unpaired) electrons. The molecule has 0 amide bonds. The molecule has 100 valence electrons. The summed E-state index contributed by atoms with van der Waals surface area (Å²) in [6.07, 6.45) is 3.91. The molecular weight excluding hydrogens is 243 g/mol. The molecule has 1 aromatic rings. The van der Waals surface area contributed by atoms with Crippen LogP contribution in [0.25, 0.3) is 0 Å². The largest absolute Gasteiger partial charge is 0.375 e. The third-order valence-corrected chi connectivity index (χ3v) is 4.13. The molecule has 1 heterocycles. The fraction of sp³-hybridized carbons (Fsp3) is 0.533. The van der Waals surface area contributed by atoms with Crippen LogP contribution in [-0.4, -0.2) is 30.2 Å². The molecule has 3 nitrogen and oxygen atoms in total. The molecule has 2 fully saturated rings. The van der Waals surface area contributed by atoms with E-state index in [1.807, 2.05) is 6.07 Å². The van der Waals surface area contributed by atoms with Gasteiger partial charge in [-0.15, -0.1) is 0 Å². The van der Waals surface area contributed by atoms with Crippen molar-refractivity contribution in [3.63, 3.8) is 0 Å². The summed E-state index contributed by atoms with van der Waals surface area (Å²) in [4.78, 5) is 2.41. The summed E-state index contributed by atoms with van der Waals surface area (Å²) >= 11 is 0. The molecule has 1 saturated carbocycles. The van der Waals surface area contributed by atoms with Crippen LogP contribution in [0.4, 0.5) is 4.39 Å². The van der Waals surface area contributed by atoms with Crippen LogP contribution < -0.4 is 0 Å². The van der Waals surface area contributed by atoms with Gasteiger partial charge in [-0.05, 0) is 37.0 Å². The third kappa shape index (κ3) is 2.49. The first-order valence-corrected chi connectivity index (χ1v) is 6.82. The Bertz CT molecular complexity index is 511. The number of fused-ring (bicyclic) bond motifs is 1. The van der Waals surface area contributed by atoms with Crippen molar-refractivity contribution in [2.45, 2.75) is 38.0 Å². The van der Waals surface area contributed by atoms with Gasteiger partial charge in [0.15, 0.2) is 0 Å². The van der Waals surface area contributed by atoms with Crippen molar-refractivity contribution in [3.05, 3.63) is 35.1 Å². The van der Waals surface area contributed by atoms with E-state index in [0.717, 1.165) is 31.7 Å². The molecule has 2 unspecified atom stereocenters. The van der Waals surface area contributed by atoms with Crippen LogP contribution in [0.1, 0.15) is 30.4 Å². The molecule has 1 aromatic carbocycles. The van der Waals surface area contributed by atoms with Gasteiger partial charge in [0.2, 0.25) is 0 Å². The Morgan fingerprint density at radius 3 is 3.16 bits per heavy atom. The van der Waals surface area contributed by atoms with Gasteiger partial charge < -0.3 is 4.74 Å². The lowest BCUT2D eigenvalue weighted by Crippen LogP contribution is -2.47. The average molecular weight is 260 g/mol. The smallest absolute Gasteiger partial charge is 0.140 e. The number of benzene rings is 1. The molecule has 0 aromatic heterocycles. The zero-order valence-electron chi connectivity index (χ0n) is 10.8. The normalized spacial score (nSPS) is 26.9. The van der Waals surface area contributed by atoms with E-state index in [1.54, 1.807) is 12.1 Å². The second kappa shape index (κ2) is 5.28. The Labute approximate surface area is 112 Å². The van der Waals surface area contributed by atoms with Gasteiger partial charge in [0.1, 0.15) is 11.9 Å². The minimum atomic E-state index is -0.438. The van der Waals surface area contributed by atoms with Gasteiger partial charge in [0, 0.05) is 19.1 Å². The van der Waals surface area contributed by atoms with Gasteiger partial charge in [-0.1, -0.05) is 6.07 Å². The molecular formula is C15H17FN2O. The number of hydrogen-bond donors (Lipinski definition) is 0. The van der Waals surface area contributed by atoms with E-state index in [2.05, 4.69) is 4.90 Å². The topological polar surface area (TPSA) is 36.3 Å². The maximum atomic E-state index is 13.3. The Hall–Kier alpha value is -1.44. The SMILES string of the molecule is N#Cc1cc(CN2CCOC3CCCC32)ccc1F. The number of hydrogen-bond acceptors (Lipinski definition) is 3. The summed E-state index contributed by atoms with van der Waals surface area (Å²) in [6, 6.07) is 7.22. The van der Waals surface area contributed by atoms with E-state index < -0.39 is 5.82 Å². The molecule has 2 aliphatic rings. The van der Waals surface area contributed by atoms with Gasteiger partial charge >= 0.3 is 0 Å². The number of morpholine rings is 1. The fourth-order valence-corrected chi connectivity index (χ4v) is 3.19. The monoisotopic (exact) mass is 260 g/mol. The summed E-state index contributed by atoms with van der Waals surface area (Å²) in [5, 5.41) is 8.88. The van der Waals surface area contributed by atoms with E-state index in [0.29, 0.717) is 12.1 Å². The Morgan fingerprint density at radius 1 is 1.42 bits per heavy atom. The Kier molecular flexibility index (Phi) is 3.50. The summed E-state index contributed by atoms with van der Waals surface area (Å²) in [5.74, 6) is -0.438. The molecule has 0 N–H and O–H groups in total. The zero-order chi connectivity index (χ0) is 13.2. The van der Waals surface area contributed by atoms with Crippen LogP contribution in [0.3, 0.4) is 0 Å². The van der Waals surface area contributed by atoms with Crippen molar-refractivity contribution in [3.8, 4) is 6.07 Å². The van der Waals surface area contributed by atoms with Crippen molar-refractivity contribution in [2.24, 2.45) is 0 Å². The fourth-order valence-electron chi connectivity index (χ4n) is 3.19.